The van der Waals surface area contributed by atoms with Crippen molar-refractivity contribution in [2.45, 2.75) is 5.88 Å². The lowest BCUT2D eigenvalue weighted by atomic mass is 10.0. The first-order chi connectivity index (χ1) is 8.52. The fourth-order valence-corrected chi connectivity index (χ4v) is 2.38. The predicted octanol–water partition coefficient (Wildman–Crippen LogP) is 6.19. The van der Waals surface area contributed by atoms with E-state index >= 15 is 0 Å². The van der Waals surface area contributed by atoms with Crippen molar-refractivity contribution < 1.29 is 4.39 Å². The van der Waals surface area contributed by atoms with Crippen molar-refractivity contribution in [3.05, 3.63) is 56.8 Å². The van der Waals surface area contributed by atoms with Crippen LogP contribution in [-0.4, -0.2) is 0 Å². The zero-order chi connectivity index (χ0) is 13.3. The normalized spacial score (nSPS) is 10.7. The Morgan fingerprint density at radius 2 is 1.50 bits per heavy atom. The monoisotopic (exact) mass is 322 g/mol. The van der Waals surface area contributed by atoms with Gasteiger partial charge in [0.05, 0.1) is 20.9 Å². The van der Waals surface area contributed by atoms with Crippen LogP contribution >= 0.6 is 46.4 Å². The Labute approximate surface area is 124 Å². The molecule has 0 saturated heterocycles. The van der Waals surface area contributed by atoms with Crippen molar-refractivity contribution in [1.82, 2.24) is 0 Å². The number of halogens is 5. The van der Waals surface area contributed by atoms with E-state index in [1.165, 1.54) is 6.07 Å². The Morgan fingerprint density at radius 3 is 2.06 bits per heavy atom. The molecular weight excluding hydrogens is 317 g/mol. The van der Waals surface area contributed by atoms with E-state index in [-0.39, 0.29) is 11.7 Å². The van der Waals surface area contributed by atoms with E-state index in [9.17, 15) is 4.39 Å². The molecule has 2 aromatic carbocycles. The molecule has 0 heterocycles. The zero-order valence-electron chi connectivity index (χ0n) is 8.98. The molecule has 0 unspecified atom stereocenters. The van der Waals surface area contributed by atoms with E-state index in [1.54, 1.807) is 24.3 Å². The van der Waals surface area contributed by atoms with Gasteiger partial charge in [0.15, 0.2) is 0 Å². The molecule has 0 N–H and O–H groups in total. The van der Waals surface area contributed by atoms with Crippen LogP contribution < -0.4 is 0 Å². The summed E-state index contributed by atoms with van der Waals surface area (Å²) in [6.07, 6.45) is 0. The molecule has 0 saturated carbocycles. The number of rotatable bonds is 2. The van der Waals surface area contributed by atoms with Gasteiger partial charge in [-0.05, 0) is 35.4 Å². The number of benzene rings is 2. The lowest BCUT2D eigenvalue weighted by molar-refractivity contribution is 0.617. The van der Waals surface area contributed by atoms with E-state index < -0.39 is 0 Å². The summed E-state index contributed by atoms with van der Waals surface area (Å²) >= 11 is 23.5. The fraction of sp³-hybridized carbons (Fsp3) is 0.0769. The van der Waals surface area contributed by atoms with Gasteiger partial charge >= 0.3 is 0 Å². The molecule has 18 heavy (non-hydrogen) atoms. The second kappa shape index (κ2) is 5.66. The van der Waals surface area contributed by atoms with Crippen LogP contribution in [0.3, 0.4) is 0 Å². The van der Waals surface area contributed by atoms with Crippen molar-refractivity contribution in [2.75, 3.05) is 0 Å². The Morgan fingerprint density at radius 1 is 0.889 bits per heavy atom. The van der Waals surface area contributed by atoms with Crippen LogP contribution in [0.2, 0.25) is 15.1 Å². The predicted molar refractivity (Wildman–Crippen MR) is 76.4 cm³/mol. The van der Waals surface area contributed by atoms with Gasteiger partial charge in [-0.3, -0.25) is 0 Å². The van der Waals surface area contributed by atoms with E-state index in [0.29, 0.717) is 20.6 Å². The van der Waals surface area contributed by atoms with Gasteiger partial charge in [-0.1, -0.05) is 40.9 Å². The second-order valence-corrected chi connectivity index (χ2v) is 5.15. The fourth-order valence-electron chi connectivity index (χ4n) is 1.58. The topological polar surface area (TPSA) is 0 Å². The Balaban J connectivity index is 2.55. The van der Waals surface area contributed by atoms with Gasteiger partial charge in [0, 0.05) is 5.56 Å². The smallest absolute Gasteiger partial charge is 0.127 e. The quantitative estimate of drug-likeness (QED) is 0.456. The molecule has 0 radical (unpaired) electrons. The lowest BCUT2D eigenvalue weighted by Crippen LogP contribution is -1.88. The van der Waals surface area contributed by atoms with Gasteiger partial charge in [0.2, 0.25) is 0 Å². The van der Waals surface area contributed by atoms with Gasteiger partial charge in [-0.2, -0.15) is 0 Å². The zero-order valence-corrected chi connectivity index (χ0v) is 12.0. The van der Waals surface area contributed by atoms with Crippen molar-refractivity contribution in [1.29, 1.82) is 0 Å². The first-order valence-corrected chi connectivity index (χ1v) is 6.69. The minimum Gasteiger partial charge on any atom is -0.207 e. The summed E-state index contributed by atoms with van der Waals surface area (Å²) in [5, 5.41) is 1.02. The standard InChI is InChI=1S/C13H7Cl4F/c14-6-9-3-7(1-2-12(9)18)8-4-10(15)13(17)11(16)5-8/h1-5H,6H2. The maximum atomic E-state index is 13.4. The first kappa shape index (κ1) is 14.0. The van der Waals surface area contributed by atoms with Gasteiger partial charge < -0.3 is 0 Å². The summed E-state index contributed by atoms with van der Waals surface area (Å²) in [6, 6.07) is 8.03. The average molecular weight is 324 g/mol. The van der Waals surface area contributed by atoms with Crippen molar-refractivity contribution in [3.8, 4) is 11.1 Å². The molecule has 0 amide bonds. The molecule has 0 aliphatic carbocycles. The Bertz CT molecular complexity index is 573. The summed E-state index contributed by atoms with van der Waals surface area (Å²) in [5.41, 5.74) is 1.98. The van der Waals surface area contributed by atoms with E-state index in [2.05, 4.69) is 0 Å². The van der Waals surface area contributed by atoms with Crippen LogP contribution in [0.15, 0.2) is 30.3 Å². The van der Waals surface area contributed by atoms with Crippen LogP contribution in [-0.2, 0) is 5.88 Å². The molecule has 0 aliphatic heterocycles. The van der Waals surface area contributed by atoms with Gasteiger partial charge in [-0.15, -0.1) is 11.6 Å². The third-order valence-electron chi connectivity index (χ3n) is 2.51. The van der Waals surface area contributed by atoms with E-state index in [4.69, 9.17) is 46.4 Å². The van der Waals surface area contributed by atoms with Crippen LogP contribution in [0.5, 0.6) is 0 Å². The molecule has 0 bridgehead atoms. The first-order valence-electron chi connectivity index (χ1n) is 5.02. The maximum Gasteiger partial charge on any atom is 0.127 e. The van der Waals surface area contributed by atoms with Crippen molar-refractivity contribution in [2.24, 2.45) is 0 Å². The minimum atomic E-state index is -0.333. The molecule has 94 valence electrons. The molecule has 0 fully saturated rings. The summed E-state index contributed by atoms with van der Waals surface area (Å²) in [7, 11) is 0. The third-order valence-corrected chi connectivity index (χ3v) is 3.99. The summed E-state index contributed by atoms with van der Waals surface area (Å²) < 4.78 is 13.4. The Kier molecular flexibility index (Phi) is 4.39. The van der Waals surface area contributed by atoms with Gasteiger partial charge in [-0.25, -0.2) is 4.39 Å². The van der Waals surface area contributed by atoms with E-state index in [0.717, 1.165) is 11.1 Å². The van der Waals surface area contributed by atoms with Gasteiger partial charge in [0.1, 0.15) is 5.82 Å². The van der Waals surface area contributed by atoms with Crippen LogP contribution in [0, 0.1) is 5.82 Å². The highest BCUT2D eigenvalue weighted by atomic mass is 35.5. The molecule has 0 atom stereocenters. The second-order valence-electron chi connectivity index (χ2n) is 3.69. The molecule has 0 nitrogen and oxygen atoms in total. The van der Waals surface area contributed by atoms with Crippen molar-refractivity contribution in [3.63, 3.8) is 0 Å². The molecule has 0 spiro atoms. The highest BCUT2D eigenvalue weighted by Gasteiger charge is 2.09. The molecule has 2 aromatic rings. The average Bonchev–Trinajstić information content (AvgIpc) is 2.36. The minimum absolute atomic E-state index is 0.106. The highest BCUT2D eigenvalue weighted by molar-refractivity contribution is 6.48. The number of alkyl halides is 1. The van der Waals surface area contributed by atoms with E-state index in [1.807, 2.05) is 0 Å². The third kappa shape index (κ3) is 2.75. The Hall–Kier alpha value is -0.470. The lowest BCUT2D eigenvalue weighted by Gasteiger charge is -2.07. The summed E-state index contributed by atoms with van der Waals surface area (Å²) in [5.74, 6) is -0.228. The SMILES string of the molecule is Fc1ccc(-c2cc(Cl)c(Cl)c(Cl)c2)cc1CCl. The highest BCUT2D eigenvalue weighted by Crippen LogP contribution is 2.35. The van der Waals surface area contributed by atoms with Gasteiger partial charge in [0.25, 0.3) is 0 Å². The molecule has 2 rings (SSSR count). The van der Waals surface area contributed by atoms with Crippen molar-refractivity contribution >= 4 is 46.4 Å². The molecule has 0 aliphatic rings. The molecule has 0 aromatic heterocycles. The number of hydrogen-bond acceptors (Lipinski definition) is 0. The molecular formula is C13H7Cl4F. The van der Waals surface area contributed by atoms with Crippen LogP contribution in [0.25, 0.3) is 11.1 Å². The summed E-state index contributed by atoms with van der Waals surface area (Å²) in [4.78, 5) is 0. The molecule has 5 heteroatoms. The largest absolute Gasteiger partial charge is 0.207 e. The van der Waals surface area contributed by atoms with Crippen LogP contribution in [0.1, 0.15) is 5.56 Å². The van der Waals surface area contributed by atoms with Crippen LogP contribution in [0.4, 0.5) is 4.39 Å². The number of hydrogen-bond donors (Lipinski definition) is 0. The summed E-state index contributed by atoms with van der Waals surface area (Å²) in [6.45, 7) is 0. The maximum absolute atomic E-state index is 13.4.